The molecule has 1 atom stereocenters. The Hall–Kier alpha value is -3.55. The molecule has 0 aliphatic carbocycles. The Bertz CT molecular complexity index is 1010. The molecule has 0 spiro atoms. The van der Waals surface area contributed by atoms with Gasteiger partial charge in [-0.15, -0.1) is 0 Å². The molecule has 0 bridgehead atoms. The van der Waals surface area contributed by atoms with E-state index in [1.54, 1.807) is 26.4 Å². The number of hydrogen-bond acceptors (Lipinski definition) is 7. The Balaban J connectivity index is 1.54. The molecule has 0 saturated heterocycles. The molecule has 8 heteroatoms. The van der Waals surface area contributed by atoms with Crippen molar-refractivity contribution >= 4 is 5.91 Å². The van der Waals surface area contributed by atoms with E-state index in [1.165, 1.54) is 0 Å². The van der Waals surface area contributed by atoms with Gasteiger partial charge in [0.15, 0.2) is 23.9 Å². The smallest absolute Gasteiger partial charge is 0.258 e. The van der Waals surface area contributed by atoms with Crippen LogP contribution in [0.4, 0.5) is 0 Å². The maximum atomic E-state index is 12.3. The van der Waals surface area contributed by atoms with E-state index in [4.69, 9.17) is 18.7 Å². The predicted molar refractivity (Wildman–Crippen MR) is 115 cm³/mol. The summed E-state index contributed by atoms with van der Waals surface area (Å²) in [6.07, 6.45) is 0. The van der Waals surface area contributed by atoms with Gasteiger partial charge in [-0.1, -0.05) is 25.1 Å². The fraction of sp³-hybridized carbons (Fsp3) is 0.348. The third-order valence-electron chi connectivity index (χ3n) is 4.71. The van der Waals surface area contributed by atoms with Crippen molar-refractivity contribution in [1.82, 2.24) is 15.5 Å². The maximum Gasteiger partial charge on any atom is 0.258 e. The highest BCUT2D eigenvalue weighted by Crippen LogP contribution is 2.30. The van der Waals surface area contributed by atoms with Crippen LogP contribution in [0.3, 0.4) is 0 Å². The maximum absolute atomic E-state index is 12.3. The van der Waals surface area contributed by atoms with Gasteiger partial charge in [-0.2, -0.15) is 4.98 Å². The summed E-state index contributed by atoms with van der Waals surface area (Å²) in [6, 6.07) is 12.5. The molecule has 1 heterocycles. The Morgan fingerprint density at radius 2 is 1.74 bits per heavy atom. The lowest BCUT2D eigenvalue weighted by Crippen LogP contribution is -2.31. The van der Waals surface area contributed by atoms with Crippen molar-refractivity contribution in [1.29, 1.82) is 0 Å². The zero-order chi connectivity index (χ0) is 22.4. The summed E-state index contributed by atoms with van der Waals surface area (Å²) in [6.45, 7) is 5.80. The van der Waals surface area contributed by atoms with E-state index in [-0.39, 0.29) is 24.5 Å². The van der Waals surface area contributed by atoms with Crippen molar-refractivity contribution in [2.24, 2.45) is 0 Å². The van der Waals surface area contributed by atoms with Crippen LogP contribution in [0.25, 0.3) is 11.5 Å². The first-order chi connectivity index (χ1) is 14.9. The van der Waals surface area contributed by atoms with Crippen LogP contribution >= 0.6 is 0 Å². The van der Waals surface area contributed by atoms with Crippen molar-refractivity contribution in [2.75, 3.05) is 20.8 Å². The van der Waals surface area contributed by atoms with E-state index in [0.717, 1.165) is 11.1 Å². The highest BCUT2D eigenvalue weighted by atomic mass is 16.5. The van der Waals surface area contributed by atoms with Crippen molar-refractivity contribution in [3.63, 3.8) is 0 Å². The minimum atomic E-state index is -0.232. The number of benzene rings is 2. The van der Waals surface area contributed by atoms with E-state index < -0.39 is 0 Å². The summed E-state index contributed by atoms with van der Waals surface area (Å²) >= 11 is 0. The number of ether oxygens (including phenoxy) is 3. The molecular formula is C23H27N3O5. The molecule has 31 heavy (non-hydrogen) atoms. The second-order valence-electron chi connectivity index (χ2n) is 7.33. The Kier molecular flexibility index (Phi) is 7.12. The third-order valence-corrected chi connectivity index (χ3v) is 4.71. The molecule has 1 N–H and O–H groups in total. The van der Waals surface area contributed by atoms with Crippen LogP contribution in [0.15, 0.2) is 47.0 Å². The van der Waals surface area contributed by atoms with Gasteiger partial charge in [0.1, 0.15) is 5.75 Å². The lowest BCUT2D eigenvalue weighted by atomic mass is 10.1. The normalized spacial score (nSPS) is 11.8. The van der Waals surface area contributed by atoms with Crippen molar-refractivity contribution in [2.45, 2.75) is 32.7 Å². The van der Waals surface area contributed by atoms with Crippen LogP contribution in [0.5, 0.6) is 17.2 Å². The molecule has 0 fully saturated rings. The van der Waals surface area contributed by atoms with Gasteiger partial charge in [-0.3, -0.25) is 4.79 Å². The quantitative estimate of drug-likeness (QED) is 0.550. The lowest BCUT2D eigenvalue weighted by molar-refractivity contribution is -0.123. The molecule has 2 aromatic carbocycles. The average Bonchev–Trinajstić information content (AvgIpc) is 3.28. The largest absolute Gasteiger partial charge is 0.493 e. The van der Waals surface area contributed by atoms with Crippen LogP contribution in [0.1, 0.15) is 44.1 Å². The van der Waals surface area contributed by atoms with E-state index in [1.807, 2.05) is 51.1 Å². The highest BCUT2D eigenvalue weighted by molar-refractivity contribution is 5.78. The first-order valence-corrected chi connectivity index (χ1v) is 9.99. The Labute approximate surface area is 181 Å². The second-order valence-corrected chi connectivity index (χ2v) is 7.33. The first-order valence-electron chi connectivity index (χ1n) is 9.99. The molecule has 0 radical (unpaired) electrons. The minimum Gasteiger partial charge on any atom is -0.493 e. The number of aromatic nitrogens is 2. The fourth-order valence-electron chi connectivity index (χ4n) is 2.92. The summed E-state index contributed by atoms with van der Waals surface area (Å²) in [5, 5.41) is 6.87. The van der Waals surface area contributed by atoms with E-state index >= 15 is 0 Å². The second kappa shape index (κ2) is 9.97. The standard InChI is InChI=1S/C23H27N3O5/c1-14(2)22-25-23(31-26-22)16-6-9-18(10-7-16)30-13-21(27)24-15(3)17-8-11-19(28-4)20(12-17)29-5/h6-12,14-15H,13H2,1-5H3,(H,24,27)/t15-/m1/s1. The molecule has 0 saturated carbocycles. The number of hydrogen-bond donors (Lipinski definition) is 1. The van der Waals surface area contributed by atoms with Crippen LogP contribution in [0, 0.1) is 0 Å². The molecule has 8 nitrogen and oxygen atoms in total. The third kappa shape index (κ3) is 5.53. The number of methoxy groups -OCH3 is 2. The molecule has 3 aromatic rings. The van der Waals surface area contributed by atoms with Gasteiger partial charge in [0, 0.05) is 11.5 Å². The van der Waals surface area contributed by atoms with E-state index in [0.29, 0.717) is 29.0 Å². The Morgan fingerprint density at radius 1 is 1.03 bits per heavy atom. The van der Waals surface area contributed by atoms with Crippen LogP contribution < -0.4 is 19.5 Å². The van der Waals surface area contributed by atoms with Gasteiger partial charge in [0.2, 0.25) is 0 Å². The van der Waals surface area contributed by atoms with Gasteiger partial charge >= 0.3 is 0 Å². The van der Waals surface area contributed by atoms with Gasteiger partial charge < -0.3 is 24.1 Å². The van der Waals surface area contributed by atoms with Crippen LogP contribution in [-0.2, 0) is 4.79 Å². The lowest BCUT2D eigenvalue weighted by Gasteiger charge is -2.17. The summed E-state index contributed by atoms with van der Waals surface area (Å²) in [4.78, 5) is 16.7. The summed E-state index contributed by atoms with van der Waals surface area (Å²) in [5.74, 6) is 2.90. The number of nitrogens with one attached hydrogen (secondary N) is 1. The molecule has 0 aliphatic rings. The van der Waals surface area contributed by atoms with Crippen LogP contribution in [-0.4, -0.2) is 36.9 Å². The van der Waals surface area contributed by atoms with Crippen molar-refractivity contribution in [3.05, 3.63) is 53.9 Å². The van der Waals surface area contributed by atoms with Gasteiger partial charge in [0.25, 0.3) is 11.8 Å². The summed E-state index contributed by atoms with van der Waals surface area (Å²) < 4.78 is 21.4. The van der Waals surface area contributed by atoms with Gasteiger partial charge in [0.05, 0.1) is 20.3 Å². The zero-order valence-corrected chi connectivity index (χ0v) is 18.3. The molecule has 1 amide bonds. The molecule has 0 unspecified atom stereocenters. The number of carbonyl (C=O) groups is 1. The number of amides is 1. The Morgan fingerprint density at radius 3 is 2.35 bits per heavy atom. The topological polar surface area (TPSA) is 95.7 Å². The van der Waals surface area contributed by atoms with Gasteiger partial charge in [-0.25, -0.2) is 0 Å². The fourth-order valence-corrected chi connectivity index (χ4v) is 2.92. The highest BCUT2D eigenvalue weighted by Gasteiger charge is 2.14. The SMILES string of the molecule is COc1ccc([C@@H](C)NC(=O)COc2ccc(-c3nc(C(C)C)no3)cc2)cc1OC. The van der Waals surface area contributed by atoms with E-state index in [9.17, 15) is 4.79 Å². The first kappa shape index (κ1) is 22.1. The molecule has 1 aromatic heterocycles. The minimum absolute atomic E-state index is 0.102. The van der Waals surface area contributed by atoms with E-state index in [2.05, 4.69) is 15.5 Å². The number of rotatable bonds is 9. The molecule has 164 valence electrons. The average molecular weight is 425 g/mol. The van der Waals surface area contributed by atoms with Crippen molar-refractivity contribution < 1.29 is 23.5 Å². The summed E-state index contributed by atoms with van der Waals surface area (Å²) in [7, 11) is 3.16. The molecule has 3 rings (SSSR count). The predicted octanol–water partition coefficient (Wildman–Crippen LogP) is 4.13. The molecular weight excluding hydrogens is 398 g/mol. The van der Waals surface area contributed by atoms with Crippen molar-refractivity contribution in [3.8, 4) is 28.7 Å². The summed E-state index contributed by atoms with van der Waals surface area (Å²) in [5.41, 5.74) is 1.69. The monoisotopic (exact) mass is 425 g/mol. The number of carbonyl (C=O) groups excluding carboxylic acids is 1. The van der Waals surface area contributed by atoms with Gasteiger partial charge in [-0.05, 0) is 48.9 Å². The number of nitrogens with zero attached hydrogens (tertiary/aromatic N) is 2. The zero-order valence-electron chi connectivity index (χ0n) is 18.3. The van der Waals surface area contributed by atoms with Crippen LogP contribution in [0.2, 0.25) is 0 Å². The molecule has 0 aliphatic heterocycles.